The summed E-state index contributed by atoms with van der Waals surface area (Å²) >= 11 is 3.21. The number of esters is 1. The molecule has 0 aliphatic heterocycles. The monoisotopic (exact) mass is 323 g/mol. The van der Waals surface area contributed by atoms with Crippen LogP contribution in [0, 0.1) is 11.3 Å². The van der Waals surface area contributed by atoms with E-state index < -0.39 is 0 Å². The molecule has 5 heteroatoms. The molecule has 0 bridgehead atoms. The molecular weight excluding hydrogens is 310 g/mol. The lowest BCUT2D eigenvalue weighted by Gasteiger charge is -2.08. The molecule has 0 aliphatic rings. The van der Waals surface area contributed by atoms with Gasteiger partial charge < -0.3 is 4.74 Å². The van der Waals surface area contributed by atoms with Crippen LogP contribution < -0.4 is 0 Å². The van der Waals surface area contributed by atoms with E-state index in [1.807, 2.05) is 6.07 Å². The third-order valence-corrected chi connectivity index (χ3v) is 2.90. The topological polar surface area (TPSA) is 67.2 Å². The first-order chi connectivity index (χ1) is 9.12. The van der Waals surface area contributed by atoms with E-state index in [4.69, 9.17) is 10.00 Å². The van der Waals surface area contributed by atoms with Gasteiger partial charge >= 0.3 is 5.97 Å². The number of carbonyl (C=O) groups is 2. The second-order valence-electron chi connectivity index (χ2n) is 3.83. The van der Waals surface area contributed by atoms with Gasteiger partial charge in [0, 0.05) is 17.3 Å². The van der Waals surface area contributed by atoms with Crippen molar-refractivity contribution in [3.63, 3.8) is 0 Å². The van der Waals surface area contributed by atoms with E-state index in [2.05, 4.69) is 15.9 Å². The van der Waals surface area contributed by atoms with Crippen molar-refractivity contribution in [2.24, 2.45) is 0 Å². The summed E-state index contributed by atoms with van der Waals surface area (Å²) in [6.07, 6.45) is 0.369. The molecule has 0 amide bonds. The lowest BCUT2D eigenvalue weighted by Crippen LogP contribution is -2.12. The molecule has 0 heterocycles. The number of halogens is 1. The first-order valence-electron chi connectivity index (χ1n) is 5.90. The Morgan fingerprint density at radius 2 is 2.16 bits per heavy atom. The average Bonchev–Trinajstić information content (AvgIpc) is 2.39. The molecule has 0 unspecified atom stereocenters. The van der Waals surface area contributed by atoms with E-state index in [0.717, 1.165) is 0 Å². The number of hydrogen-bond donors (Lipinski definition) is 0. The minimum atomic E-state index is -0.375. The Labute approximate surface area is 120 Å². The fourth-order valence-electron chi connectivity index (χ4n) is 1.65. The molecule has 100 valence electrons. The second-order valence-corrected chi connectivity index (χ2v) is 4.62. The van der Waals surface area contributed by atoms with Crippen molar-refractivity contribution in [2.75, 3.05) is 11.9 Å². The SMILES string of the molecule is CCOC(=O)Cc1ccc(C#N)cc1C(=O)CCBr. The van der Waals surface area contributed by atoms with E-state index in [9.17, 15) is 9.59 Å². The van der Waals surface area contributed by atoms with Crippen molar-refractivity contribution in [1.29, 1.82) is 5.26 Å². The van der Waals surface area contributed by atoms with Crippen molar-refractivity contribution in [2.45, 2.75) is 19.8 Å². The molecule has 0 saturated heterocycles. The lowest BCUT2D eigenvalue weighted by molar-refractivity contribution is -0.142. The molecule has 0 fully saturated rings. The molecule has 0 N–H and O–H groups in total. The average molecular weight is 324 g/mol. The molecule has 0 saturated carbocycles. The van der Waals surface area contributed by atoms with Crippen LogP contribution in [-0.4, -0.2) is 23.7 Å². The number of nitriles is 1. The van der Waals surface area contributed by atoms with Crippen molar-refractivity contribution in [1.82, 2.24) is 0 Å². The predicted molar refractivity (Wildman–Crippen MR) is 74.2 cm³/mol. The predicted octanol–water partition coefficient (Wildman–Crippen LogP) is 2.63. The van der Waals surface area contributed by atoms with Gasteiger partial charge in [-0.15, -0.1) is 0 Å². The van der Waals surface area contributed by atoms with Crippen LogP contribution in [0.25, 0.3) is 0 Å². The van der Waals surface area contributed by atoms with Crippen molar-refractivity contribution in [3.05, 3.63) is 34.9 Å². The summed E-state index contributed by atoms with van der Waals surface area (Å²) in [7, 11) is 0. The Bertz CT molecular complexity index is 520. The first kappa shape index (κ1) is 15.4. The summed E-state index contributed by atoms with van der Waals surface area (Å²) in [6.45, 7) is 2.04. The standard InChI is InChI=1S/C14H14BrNO3/c1-2-19-14(18)8-11-4-3-10(9-16)7-12(11)13(17)5-6-15/h3-4,7H,2,5-6,8H2,1H3. The fourth-order valence-corrected chi connectivity index (χ4v) is 2.01. The van der Waals surface area contributed by atoms with E-state index in [1.165, 1.54) is 6.07 Å². The van der Waals surface area contributed by atoms with Gasteiger partial charge in [-0.1, -0.05) is 22.0 Å². The summed E-state index contributed by atoms with van der Waals surface area (Å²) in [5.74, 6) is -0.464. The highest BCUT2D eigenvalue weighted by atomic mass is 79.9. The van der Waals surface area contributed by atoms with Crippen LogP contribution in [0.5, 0.6) is 0 Å². The normalized spacial score (nSPS) is 9.74. The molecule has 0 radical (unpaired) electrons. The summed E-state index contributed by atoms with van der Waals surface area (Å²) < 4.78 is 4.87. The maximum absolute atomic E-state index is 12.0. The smallest absolute Gasteiger partial charge is 0.310 e. The van der Waals surface area contributed by atoms with E-state index in [-0.39, 0.29) is 18.2 Å². The maximum atomic E-state index is 12.0. The number of alkyl halides is 1. The number of carbonyl (C=O) groups excluding carboxylic acids is 2. The van der Waals surface area contributed by atoms with Gasteiger partial charge in [0.2, 0.25) is 0 Å². The molecule has 19 heavy (non-hydrogen) atoms. The summed E-state index contributed by atoms with van der Waals surface area (Å²) in [6, 6.07) is 6.75. The second kappa shape index (κ2) is 7.70. The van der Waals surface area contributed by atoms with Crippen LogP contribution in [0.15, 0.2) is 18.2 Å². The van der Waals surface area contributed by atoms with Crippen molar-refractivity contribution in [3.8, 4) is 6.07 Å². The summed E-state index contributed by atoms with van der Waals surface area (Å²) in [5, 5.41) is 9.41. The number of ether oxygens (including phenoxy) is 1. The zero-order valence-corrected chi connectivity index (χ0v) is 12.2. The lowest BCUT2D eigenvalue weighted by atomic mass is 9.97. The van der Waals surface area contributed by atoms with Crippen LogP contribution in [0.3, 0.4) is 0 Å². The number of Topliss-reactive ketones (excluding diaryl/α,β-unsaturated/α-hetero) is 1. The third kappa shape index (κ3) is 4.49. The number of hydrogen-bond acceptors (Lipinski definition) is 4. The zero-order valence-electron chi connectivity index (χ0n) is 10.6. The van der Waals surface area contributed by atoms with Gasteiger partial charge in [0.05, 0.1) is 24.7 Å². The van der Waals surface area contributed by atoms with E-state index in [1.54, 1.807) is 19.1 Å². The van der Waals surface area contributed by atoms with Crippen LogP contribution in [0.4, 0.5) is 0 Å². The molecule has 1 rings (SSSR count). The van der Waals surface area contributed by atoms with Gasteiger partial charge in [0.15, 0.2) is 5.78 Å². The molecule has 0 atom stereocenters. The fraction of sp³-hybridized carbons (Fsp3) is 0.357. The van der Waals surface area contributed by atoms with Gasteiger partial charge in [-0.25, -0.2) is 0 Å². The highest BCUT2D eigenvalue weighted by Gasteiger charge is 2.15. The Morgan fingerprint density at radius 3 is 2.74 bits per heavy atom. The Hall–Kier alpha value is -1.67. The highest BCUT2D eigenvalue weighted by Crippen LogP contribution is 2.16. The highest BCUT2D eigenvalue weighted by molar-refractivity contribution is 9.09. The minimum absolute atomic E-state index is 0.0446. The maximum Gasteiger partial charge on any atom is 0.310 e. The number of nitrogens with zero attached hydrogens (tertiary/aromatic N) is 1. The third-order valence-electron chi connectivity index (χ3n) is 2.50. The van der Waals surface area contributed by atoms with Crippen LogP contribution >= 0.6 is 15.9 Å². The van der Waals surface area contributed by atoms with E-state index in [0.29, 0.717) is 35.0 Å². The Balaban J connectivity index is 3.05. The number of benzene rings is 1. The van der Waals surface area contributed by atoms with Gasteiger partial charge in [-0.3, -0.25) is 9.59 Å². The zero-order chi connectivity index (χ0) is 14.3. The largest absolute Gasteiger partial charge is 0.466 e. The van der Waals surface area contributed by atoms with Gasteiger partial charge in [0.1, 0.15) is 0 Å². The molecule has 1 aromatic carbocycles. The van der Waals surface area contributed by atoms with E-state index >= 15 is 0 Å². The first-order valence-corrected chi connectivity index (χ1v) is 7.02. The number of ketones is 1. The Morgan fingerprint density at radius 1 is 1.42 bits per heavy atom. The molecule has 1 aromatic rings. The molecular formula is C14H14BrNO3. The minimum Gasteiger partial charge on any atom is -0.466 e. The molecule has 0 aliphatic carbocycles. The molecule has 0 aromatic heterocycles. The van der Waals surface area contributed by atoms with Gasteiger partial charge in [-0.2, -0.15) is 5.26 Å². The summed E-state index contributed by atoms with van der Waals surface area (Å²) in [4.78, 5) is 23.5. The number of rotatable bonds is 6. The Kier molecular flexibility index (Phi) is 6.23. The van der Waals surface area contributed by atoms with Crippen molar-refractivity contribution < 1.29 is 14.3 Å². The molecule has 4 nitrogen and oxygen atoms in total. The van der Waals surface area contributed by atoms with Crippen LogP contribution in [0.1, 0.15) is 34.8 Å². The van der Waals surface area contributed by atoms with Gasteiger partial charge in [0.25, 0.3) is 0 Å². The van der Waals surface area contributed by atoms with Crippen LogP contribution in [-0.2, 0) is 16.0 Å². The van der Waals surface area contributed by atoms with Gasteiger partial charge in [-0.05, 0) is 24.6 Å². The summed E-state index contributed by atoms with van der Waals surface area (Å²) in [5.41, 5.74) is 1.43. The molecule has 0 spiro atoms. The van der Waals surface area contributed by atoms with Crippen LogP contribution in [0.2, 0.25) is 0 Å². The quantitative estimate of drug-likeness (QED) is 0.458. The van der Waals surface area contributed by atoms with Crippen molar-refractivity contribution >= 4 is 27.7 Å².